The summed E-state index contributed by atoms with van der Waals surface area (Å²) in [5.41, 5.74) is 4.35. The van der Waals surface area contributed by atoms with Gasteiger partial charge in [-0.15, -0.1) is 0 Å². The van der Waals surface area contributed by atoms with Crippen LogP contribution in [0.1, 0.15) is 22.8 Å². The summed E-state index contributed by atoms with van der Waals surface area (Å²) < 4.78 is 13.8. The van der Waals surface area contributed by atoms with Crippen LogP contribution in [0.15, 0.2) is 40.9 Å². The van der Waals surface area contributed by atoms with Crippen LogP contribution < -0.4 is 4.90 Å². The van der Waals surface area contributed by atoms with Crippen molar-refractivity contribution in [2.45, 2.75) is 18.9 Å². The quantitative estimate of drug-likeness (QED) is 0.909. The van der Waals surface area contributed by atoms with Gasteiger partial charge in [-0.3, -0.25) is 0 Å². The summed E-state index contributed by atoms with van der Waals surface area (Å²) in [6.45, 7) is 1.03. The number of nitrogens with zero attached hydrogens (tertiary/aromatic N) is 1. The largest absolute Gasteiger partial charge is 0.388 e. The van der Waals surface area contributed by atoms with Crippen molar-refractivity contribution in [1.82, 2.24) is 0 Å². The third-order valence-electron chi connectivity index (χ3n) is 4.04. The average Bonchev–Trinajstić information content (AvgIpc) is 2.83. The second-order valence-corrected chi connectivity index (χ2v) is 6.37. The molecule has 0 bridgehead atoms. The van der Waals surface area contributed by atoms with E-state index in [1.807, 2.05) is 6.07 Å². The Kier molecular flexibility index (Phi) is 4.00. The molecule has 1 aliphatic heterocycles. The molecule has 0 spiro atoms. The van der Waals surface area contributed by atoms with E-state index < -0.39 is 6.10 Å². The molecule has 1 unspecified atom stereocenters. The summed E-state index contributed by atoms with van der Waals surface area (Å²) in [5, 5.41) is 10.4. The second-order valence-electron chi connectivity index (χ2n) is 5.52. The molecule has 21 heavy (non-hydrogen) atoms. The van der Waals surface area contributed by atoms with Crippen LogP contribution in [-0.4, -0.2) is 18.7 Å². The summed E-state index contributed by atoms with van der Waals surface area (Å²) in [6.07, 6.45) is 0.908. The Bertz CT molecular complexity index is 674. The molecule has 1 N–H and O–H groups in total. The van der Waals surface area contributed by atoms with Crippen LogP contribution in [0.25, 0.3) is 0 Å². The predicted molar refractivity (Wildman–Crippen MR) is 86.2 cm³/mol. The first-order valence-corrected chi connectivity index (χ1v) is 7.80. The van der Waals surface area contributed by atoms with Gasteiger partial charge in [-0.25, -0.2) is 4.39 Å². The number of hydrogen-bond donors (Lipinski definition) is 1. The molecule has 0 saturated carbocycles. The van der Waals surface area contributed by atoms with E-state index in [0.717, 1.165) is 24.1 Å². The average molecular weight is 350 g/mol. The zero-order valence-corrected chi connectivity index (χ0v) is 13.4. The van der Waals surface area contributed by atoms with Crippen LogP contribution in [-0.2, 0) is 12.8 Å². The van der Waals surface area contributed by atoms with Crippen molar-refractivity contribution in [2.24, 2.45) is 0 Å². The van der Waals surface area contributed by atoms with Gasteiger partial charge in [0.05, 0.1) is 6.10 Å². The minimum absolute atomic E-state index is 0.277. The van der Waals surface area contributed by atoms with Gasteiger partial charge in [0.25, 0.3) is 0 Å². The number of anilines is 1. The molecule has 2 aromatic rings. The normalized spacial score (nSPS) is 15.1. The van der Waals surface area contributed by atoms with Crippen molar-refractivity contribution in [3.63, 3.8) is 0 Å². The third kappa shape index (κ3) is 2.97. The maximum absolute atomic E-state index is 13.1. The fraction of sp³-hybridized carbons (Fsp3) is 0.294. The molecule has 1 heterocycles. The first-order chi connectivity index (χ1) is 10.0. The molecule has 0 aliphatic carbocycles. The zero-order valence-electron chi connectivity index (χ0n) is 11.8. The van der Waals surface area contributed by atoms with Crippen LogP contribution in [0, 0.1) is 5.82 Å². The summed E-state index contributed by atoms with van der Waals surface area (Å²) >= 11 is 3.35. The molecule has 0 aromatic heterocycles. The topological polar surface area (TPSA) is 23.5 Å². The summed E-state index contributed by atoms with van der Waals surface area (Å²) in [5.74, 6) is -0.277. The monoisotopic (exact) mass is 349 g/mol. The Hall–Kier alpha value is -1.39. The van der Waals surface area contributed by atoms with Crippen LogP contribution in [0.4, 0.5) is 10.1 Å². The van der Waals surface area contributed by atoms with Crippen LogP contribution in [0.3, 0.4) is 0 Å². The number of rotatable bonds is 3. The number of halogens is 2. The first kappa shape index (κ1) is 14.5. The number of benzene rings is 2. The van der Waals surface area contributed by atoms with E-state index in [1.54, 1.807) is 6.07 Å². The highest BCUT2D eigenvalue weighted by Gasteiger charge is 2.18. The first-order valence-electron chi connectivity index (χ1n) is 7.00. The van der Waals surface area contributed by atoms with Gasteiger partial charge in [-0.05, 0) is 41.3 Å². The van der Waals surface area contributed by atoms with Crippen LogP contribution in [0.2, 0.25) is 0 Å². The van der Waals surface area contributed by atoms with Crippen molar-refractivity contribution < 1.29 is 9.50 Å². The standard InChI is InChI=1S/C17H17BrFNO/c1-20-7-6-12-8-13(3-5-16(12)20)17(21)9-11-2-4-14(19)10-15(11)18/h2-5,8,10,17,21H,6-7,9H2,1H3. The minimum atomic E-state index is -0.581. The van der Waals surface area contributed by atoms with Gasteiger partial charge in [-0.2, -0.15) is 0 Å². The fourth-order valence-electron chi connectivity index (χ4n) is 2.81. The molecule has 1 aliphatic rings. The summed E-state index contributed by atoms with van der Waals surface area (Å²) in [6, 6.07) is 10.7. The fourth-order valence-corrected chi connectivity index (χ4v) is 3.32. The van der Waals surface area contributed by atoms with Crippen LogP contribution in [0.5, 0.6) is 0 Å². The van der Waals surface area contributed by atoms with E-state index in [-0.39, 0.29) is 5.82 Å². The highest BCUT2D eigenvalue weighted by Crippen LogP contribution is 2.31. The van der Waals surface area contributed by atoms with Crippen LogP contribution >= 0.6 is 15.9 Å². The second kappa shape index (κ2) is 5.78. The smallest absolute Gasteiger partial charge is 0.124 e. The Labute approximate surface area is 132 Å². The van der Waals surface area contributed by atoms with Gasteiger partial charge in [-0.1, -0.05) is 34.1 Å². The summed E-state index contributed by atoms with van der Waals surface area (Å²) in [4.78, 5) is 2.22. The Morgan fingerprint density at radius 2 is 2.10 bits per heavy atom. The molecule has 110 valence electrons. The number of aliphatic hydroxyl groups is 1. The van der Waals surface area contributed by atoms with Gasteiger partial charge >= 0.3 is 0 Å². The maximum atomic E-state index is 13.1. The number of fused-ring (bicyclic) bond motifs is 1. The number of likely N-dealkylation sites (N-methyl/N-ethyl adjacent to an activating group) is 1. The molecule has 1 atom stereocenters. The van der Waals surface area contributed by atoms with Gasteiger partial charge in [0.15, 0.2) is 0 Å². The van der Waals surface area contributed by atoms with E-state index in [4.69, 9.17) is 0 Å². The number of aliphatic hydroxyl groups excluding tert-OH is 1. The molecule has 0 fully saturated rings. The van der Waals surface area contributed by atoms with E-state index in [1.165, 1.54) is 23.4 Å². The third-order valence-corrected chi connectivity index (χ3v) is 4.78. The van der Waals surface area contributed by atoms with E-state index in [2.05, 4.69) is 40.0 Å². The number of hydrogen-bond acceptors (Lipinski definition) is 2. The molecule has 0 saturated heterocycles. The van der Waals surface area contributed by atoms with Gasteiger partial charge in [0, 0.05) is 30.2 Å². The molecular weight excluding hydrogens is 333 g/mol. The van der Waals surface area contributed by atoms with Gasteiger partial charge in [0.2, 0.25) is 0 Å². The summed E-state index contributed by atoms with van der Waals surface area (Å²) in [7, 11) is 2.08. The zero-order chi connectivity index (χ0) is 15.0. The lowest BCUT2D eigenvalue weighted by Gasteiger charge is -2.15. The van der Waals surface area contributed by atoms with Gasteiger partial charge < -0.3 is 10.0 Å². The molecule has 2 nitrogen and oxygen atoms in total. The Morgan fingerprint density at radius 1 is 1.29 bits per heavy atom. The van der Waals surface area contributed by atoms with Crippen molar-refractivity contribution in [1.29, 1.82) is 0 Å². The predicted octanol–water partition coefficient (Wildman–Crippen LogP) is 3.86. The lowest BCUT2D eigenvalue weighted by atomic mass is 9.99. The lowest BCUT2D eigenvalue weighted by molar-refractivity contribution is 0.178. The molecule has 2 aromatic carbocycles. The SMILES string of the molecule is CN1CCc2cc(C(O)Cc3ccc(F)cc3Br)ccc21. The molecular formula is C17H17BrFNO. The van der Waals surface area contributed by atoms with E-state index in [0.29, 0.717) is 10.9 Å². The maximum Gasteiger partial charge on any atom is 0.124 e. The Morgan fingerprint density at radius 3 is 2.86 bits per heavy atom. The minimum Gasteiger partial charge on any atom is -0.388 e. The molecule has 3 rings (SSSR count). The Balaban J connectivity index is 1.81. The molecule has 4 heteroatoms. The lowest BCUT2D eigenvalue weighted by Crippen LogP contribution is -2.12. The van der Waals surface area contributed by atoms with E-state index >= 15 is 0 Å². The van der Waals surface area contributed by atoms with Crippen molar-refractivity contribution in [3.05, 3.63) is 63.4 Å². The van der Waals surface area contributed by atoms with Gasteiger partial charge in [0.1, 0.15) is 5.82 Å². The van der Waals surface area contributed by atoms with Crippen molar-refractivity contribution >= 4 is 21.6 Å². The van der Waals surface area contributed by atoms with Crippen molar-refractivity contribution in [3.8, 4) is 0 Å². The highest BCUT2D eigenvalue weighted by molar-refractivity contribution is 9.10. The van der Waals surface area contributed by atoms with E-state index in [9.17, 15) is 9.50 Å². The molecule has 0 radical (unpaired) electrons. The molecule has 0 amide bonds. The highest BCUT2D eigenvalue weighted by atomic mass is 79.9. The van der Waals surface area contributed by atoms with Crippen molar-refractivity contribution in [2.75, 3.05) is 18.5 Å².